The molecule has 0 aliphatic rings. The highest BCUT2D eigenvalue weighted by Gasteiger charge is 2.13. The minimum atomic E-state index is -0.333. The summed E-state index contributed by atoms with van der Waals surface area (Å²) in [6, 6.07) is 13.8. The zero-order chi connectivity index (χ0) is 15.4. The van der Waals surface area contributed by atoms with Crippen LogP contribution >= 0.6 is 0 Å². The van der Waals surface area contributed by atoms with E-state index in [0.717, 1.165) is 5.56 Å². The van der Waals surface area contributed by atoms with E-state index >= 15 is 0 Å². The standard InChI is InChI=1S/C18H22FNO/c1-12-5-7-15(8-6-12)13(2)20-14(3)16-9-10-17(19)18(11-16)21-4/h5-11,13-14,20H,1-4H3/t13-,14?/m1/s1. The Morgan fingerprint density at radius 1 is 0.952 bits per heavy atom. The smallest absolute Gasteiger partial charge is 0.165 e. The molecule has 112 valence electrons. The lowest BCUT2D eigenvalue weighted by molar-refractivity contribution is 0.384. The number of rotatable bonds is 5. The first-order valence-electron chi connectivity index (χ1n) is 7.17. The predicted molar refractivity (Wildman–Crippen MR) is 84.1 cm³/mol. The lowest BCUT2D eigenvalue weighted by atomic mass is 10.0. The Bertz CT molecular complexity index is 595. The lowest BCUT2D eigenvalue weighted by Gasteiger charge is -2.21. The maximum atomic E-state index is 13.5. The van der Waals surface area contributed by atoms with Gasteiger partial charge in [0.25, 0.3) is 0 Å². The maximum Gasteiger partial charge on any atom is 0.165 e. The number of benzene rings is 2. The lowest BCUT2D eigenvalue weighted by Crippen LogP contribution is -2.22. The second-order valence-corrected chi connectivity index (χ2v) is 5.41. The van der Waals surface area contributed by atoms with E-state index in [1.807, 2.05) is 0 Å². The van der Waals surface area contributed by atoms with Crippen LogP contribution in [0.15, 0.2) is 42.5 Å². The van der Waals surface area contributed by atoms with E-state index in [0.29, 0.717) is 0 Å². The molecule has 0 saturated heterocycles. The molecule has 0 aliphatic heterocycles. The molecule has 1 unspecified atom stereocenters. The van der Waals surface area contributed by atoms with Gasteiger partial charge < -0.3 is 10.1 Å². The van der Waals surface area contributed by atoms with Crippen LogP contribution in [0, 0.1) is 12.7 Å². The Kier molecular flexibility index (Phi) is 4.97. The Morgan fingerprint density at radius 2 is 1.52 bits per heavy atom. The van der Waals surface area contributed by atoms with Gasteiger partial charge in [0.1, 0.15) is 0 Å². The monoisotopic (exact) mass is 287 g/mol. The summed E-state index contributed by atoms with van der Waals surface area (Å²) in [4.78, 5) is 0. The van der Waals surface area contributed by atoms with Gasteiger partial charge in [0, 0.05) is 12.1 Å². The van der Waals surface area contributed by atoms with Gasteiger partial charge >= 0.3 is 0 Å². The summed E-state index contributed by atoms with van der Waals surface area (Å²) in [5, 5.41) is 3.52. The SMILES string of the molecule is COc1cc(C(C)N[C@H](C)c2ccc(C)cc2)ccc1F. The number of aryl methyl sites for hydroxylation is 1. The normalized spacial score (nSPS) is 13.8. The Morgan fingerprint density at radius 3 is 2.14 bits per heavy atom. The largest absolute Gasteiger partial charge is 0.494 e. The van der Waals surface area contributed by atoms with Crippen LogP contribution in [0.25, 0.3) is 0 Å². The number of hydrogen-bond donors (Lipinski definition) is 1. The van der Waals surface area contributed by atoms with Crippen LogP contribution in [0.5, 0.6) is 5.75 Å². The summed E-state index contributed by atoms with van der Waals surface area (Å²) in [6.07, 6.45) is 0. The third kappa shape index (κ3) is 3.82. The van der Waals surface area contributed by atoms with Crippen molar-refractivity contribution in [1.82, 2.24) is 5.32 Å². The molecule has 0 saturated carbocycles. The third-order valence-corrected chi connectivity index (χ3v) is 3.75. The summed E-state index contributed by atoms with van der Waals surface area (Å²) in [5.41, 5.74) is 3.50. The number of nitrogens with one attached hydrogen (secondary N) is 1. The van der Waals surface area contributed by atoms with Crippen molar-refractivity contribution >= 4 is 0 Å². The highest BCUT2D eigenvalue weighted by Crippen LogP contribution is 2.24. The average Bonchev–Trinajstić information content (AvgIpc) is 2.48. The first-order chi connectivity index (χ1) is 10.0. The van der Waals surface area contributed by atoms with Gasteiger partial charge in [-0.25, -0.2) is 4.39 Å². The molecular weight excluding hydrogens is 265 g/mol. The molecule has 0 spiro atoms. The molecule has 0 radical (unpaired) electrons. The van der Waals surface area contributed by atoms with E-state index in [-0.39, 0.29) is 23.7 Å². The van der Waals surface area contributed by atoms with Crippen LogP contribution in [0.4, 0.5) is 4.39 Å². The molecule has 0 aliphatic carbocycles. The van der Waals surface area contributed by atoms with Crippen molar-refractivity contribution in [1.29, 1.82) is 0 Å². The van der Waals surface area contributed by atoms with Crippen molar-refractivity contribution in [2.24, 2.45) is 0 Å². The summed E-state index contributed by atoms with van der Waals surface area (Å²) >= 11 is 0. The third-order valence-electron chi connectivity index (χ3n) is 3.75. The van der Waals surface area contributed by atoms with Crippen molar-refractivity contribution in [3.8, 4) is 5.75 Å². The fourth-order valence-electron chi connectivity index (χ4n) is 2.37. The van der Waals surface area contributed by atoms with Crippen molar-refractivity contribution in [3.63, 3.8) is 0 Å². The molecule has 0 aromatic heterocycles. The zero-order valence-corrected chi connectivity index (χ0v) is 13.0. The number of ether oxygens (including phenoxy) is 1. The predicted octanol–water partition coefficient (Wildman–Crippen LogP) is 4.55. The first kappa shape index (κ1) is 15.5. The van der Waals surface area contributed by atoms with Gasteiger partial charge in [0.15, 0.2) is 11.6 Å². The van der Waals surface area contributed by atoms with E-state index in [2.05, 4.69) is 50.4 Å². The molecular formula is C18H22FNO. The van der Waals surface area contributed by atoms with Crippen molar-refractivity contribution in [2.45, 2.75) is 32.9 Å². The van der Waals surface area contributed by atoms with Gasteiger partial charge in [-0.3, -0.25) is 0 Å². The number of halogens is 1. The zero-order valence-electron chi connectivity index (χ0n) is 13.0. The average molecular weight is 287 g/mol. The number of methoxy groups -OCH3 is 1. The van der Waals surface area contributed by atoms with Crippen LogP contribution in [0.1, 0.15) is 42.6 Å². The van der Waals surface area contributed by atoms with Gasteiger partial charge in [-0.2, -0.15) is 0 Å². The Hall–Kier alpha value is -1.87. The minimum Gasteiger partial charge on any atom is -0.494 e. The van der Waals surface area contributed by atoms with Gasteiger partial charge in [0.2, 0.25) is 0 Å². The molecule has 2 atom stereocenters. The fraction of sp³-hybridized carbons (Fsp3) is 0.333. The van der Waals surface area contributed by atoms with E-state index in [4.69, 9.17) is 4.74 Å². The second-order valence-electron chi connectivity index (χ2n) is 5.41. The van der Waals surface area contributed by atoms with E-state index < -0.39 is 0 Å². The first-order valence-corrected chi connectivity index (χ1v) is 7.17. The quantitative estimate of drug-likeness (QED) is 0.870. The second kappa shape index (κ2) is 6.72. The van der Waals surface area contributed by atoms with Crippen LogP contribution in [-0.4, -0.2) is 7.11 Å². The molecule has 0 bridgehead atoms. The summed E-state index contributed by atoms with van der Waals surface area (Å²) < 4.78 is 18.5. The molecule has 1 N–H and O–H groups in total. The molecule has 0 heterocycles. The molecule has 2 aromatic carbocycles. The van der Waals surface area contributed by atoms with Gasteiger partial charge in [-0.1, -0.05) is 35.9 Å². The maximum absolute atomic E-state index is 13.5. The van der Waals surface area contributed by atoms with Gasteiger partial charge in [0.05, 0.1) is 7.11 Å². The molecule has 21 heavy (non-hydrogen) atoms. The van der Waals surface area contributed by atoms with Gasteiger partial charge in [-0.05, 0) is 44.0 Å². The van der Waals surface area contributed by atoms with Crippen LogP contribution in [-0.2, 0) is 0 Å². The molecule has 0 amide bonds. The Labute approximate surface area is 126 Å². The van der Waals surface area contributed by atoms with E-state index in [1.54, 1.807) is 12.1 Å². The highest BCUT2D eigenvalue weighted by atomic mass is 19.1. The van der Waals surface area contributed by atoms with E-state index in [9.17, 15) is 4.39 Å². The molecule has 2 rings (SSSR count). The fourth-order valence-corrected chi connectivity index (χ4v) is 2.37. The molecule has 0 fully saturated rings. The minimum absolute atomic E-state index is 0.107. The molecule has 2 nitrogen and oxygen atoms in total. The van der Waals surface area contributed by atoms with Crippen molar-refractivity contribution in [3.05, 3.63) is 65.0 Å². The topological polar surface area (TPSA) is 21.3 Å². The summed E-state index contributed by atoms with van der Waals surface area (Å²) in [7, 11) is 1.48. The van der Waals surface area contributed by atoms with Crippen molar-refractivity contribution in [2.75, 3.05) is 7.11 Å². The van der Waals surface area contributed by atoms with Crippen LogP contribution < -0.4 is 10.1 Å². The van der Waals surface area contributed by atoms with Crippen molar-refractivity contribution < 1.29 is 9.13 Å². The highest BCUT2D eigenvalue weighted by molar-refractivity contribution is 5.32. The van der Waals surface area contributed by atoms with Crippen LogP contribution in [0.3, 0.4) is 0 Å². The summed E-state index contributed by atoms with van der Waals surface area (Å²) in [6.45, 7) is 6.27. The summed E-state index contributed by atoms with van der Waals surface area (Å²) in [5.74, 6) is -0.0517. The number of hydrogen-bond acceptors (Lipinski definition) is 2. The Balaban J connectivity index is 2.10. The molecule has 3 heteroatoms. The van der Waals surface area contributed by atoms with Gasteiger partial charge in [-0.15, -0.1) is 0 Å². The van der Waals surface area contributed by atoms with Crippen LogP contribution in [0.2, 0.25) is 0 Å². The molecule has 2 aromatic rings. The van der Waals surface area contributed by atoms with E-state index in [1.165, 1.54) is 24.3 Å².